The van der Waals surface area contributed by atoms with E-state index in [1.807, 2.05) is 19.1 Å². The van der Waals surface area contributed by atoms with Crippen molar-refractivity contribution in [3.8, 4) is 11.1 Å². The molecular weight excluding hydrogens is 454 g/mol. The maximum Gasteiger partial charge on any atom is 0.286 e. The quantitative estimate of drug-likeness (QED) is 0.585. The minimum Gasteiger partial charge on any atom is -0.377 e. The van der Waals surface area contributed by atoms with Gasteiger partial charge in [-0.15, -0.1) is 0 Å². The number of amides is 1. The third kappa shape index (κ3) is 5.24. The van der Waals surface area contributed by atoms with E-state index in [0.717, 1.165) is 35.5 Å². The average molecular weight is 483 g/mol. The van der Waals surface area contributed by atoms with E-state index in [4.69, 9.17) is 4.74 Å². The van der Waals surface area contributed by atoms with Gasteiger partial charge in [-0.1, -0.05) is 6.07 Å². The Morgan fingerprint density at radius 2 is 1.97 bits per heavy atom. The molecule has 0 radical (unpaired) electrons. The van der Waals surface area contributed by atoms with Crippen LogP contribution in [0.15, 0.2) is 53.5 Å². The van der Waals surface area contributed by atoms with E-state index in [0.29, 0.717) is 25.4 Å². The number of aromatic nitrogens is 2. The van der Waals surface area contributed by atoms with Crippen molar-refractivity contribution in [2.45, 2.75) is 32.7 Å². The first-order valence-corrected chi connectivity index (χ1v) is 11.4. The Labute approximate surface area is 202 Å². The lowest BCUT2D eigenvalue weighted by molar-refractivity contribution is 0.0127. The fourth-order valence-corrected chi connectivity index (χ4v) is 4.14. The number of benzene rings is 1. The van der Waals surface area contributed by atoms with Crippen LogP contribution in [-0.4, -0.2) is 41.3 Å². The van der Waals surface area contributed by atoms with Crippen LogP contribution in [0.25, 0.3) is 11.1 Å². The number of alkyl halides is 2. The number of rotatable bonds is 5. The van der Waals surface area contributed by atoms with Crippen LogP contribution in [-0.2, 0) is 17.7 Å². The molecule has 3 aromatic rings. The molecule has 0 aliphatic carbocycles. The molecule has 3 heterocycles. The number of hydrogen-bond donors (Lipinski definition) is 1. The van der Waals surface area contributed by atoms with Crippen LogP contribution in [0, 0.1) is 6.92 Å². The molecule has 35 heavy (non-hydrogen) atoms. The maximum absolute atomic E-state index is 13.6. The summed E-state index contributed by atoms with van der Waals surface area (Å²) in [5.41, 5.74) is 2.39. The summed E-state index contributed by atoms with van der Waals surface area (Å²) in [6, 6.07) is 11.5. The number of nitrogens with one attached hydrogen (secondary N) is 1. The highest BCUT2D eigenvalue weighted by atomic mass is 19.3. The Bertz CT molecular complexity index is 1320. The molecule has 1 fully saturated rings. The fraction of sp³-hybridized carbons (Fsp3) is 0.346. The Morgan fingerprint density at radius 3 is 2.69 bits per heavy atom. The molecule has 184 valence electrons. The first kappa shape index (κ1) is 24.5. The average Bonchev–Trinajstić information content (AvgIpc) is 2.82. The van der Waals surface area contributed by atoms with Crippen LogP contribution in [0.1, 0.15) is 35.5 Å². The summed E-state index contributed by atoms with van der Waals surface area (Å²) in [6.07, 6.45) is 1.19. The van der Waals surface area contributed by atoms with Gasteiger partial charge in [0, 0.05) is 44.0 Å². The van der Waals surface area contributed by atoms with E-state index in [-0.39, 0.29) is 17.2 Å². The van der Waals surface area contributed by atoms with Crippen LogP contribution in [0.5, 0.6) is 0 Å². The summed E-state index contributed by atoms with van der Waals surface area (Å²) in [5.74, 6) is -2.89. The van der Waals surface area contributed by atoms with Gasteiger partial charge in [-0.3, -0.25) is 19.1 Å². The Balaban J connectivity index is 1.67. The Kier molecular flexibility index (Phi) is 6.71. The van der Waals surface area contributed by atoms with Gasteiger partial charge in [0.15, 0.2) is 0 Å². The van der Waals surface area contributed by atoms with Gasteiger partial charge in [0.2, 0.25) is 0 Å². The Morgan fingerprint density at radius 1 is 1.20 bits per heavy atom. The van der Waals surface area contributed by atoms with Crippen LogP contribution >= 0.6 is 0 Å². The van der Waals surface area contributed by atoms with Crippen molar-refractivity contribution >= 4 is 17.4 Å². The van der Waals surface area contributed by atoms with Crippen LogP contribution in [0.4, 0.5) is 20.3 Å². The molecule has 1 saturated heterocycles. The summed E-state index contributed by atoms with van der Waals surface area (Å²) >= 11 is 0. The number of pyridine rings is 2. The van der Waals surface area contributed by atoms with Crippen molar-refractivity contribution in [1.29, 1.82) is 0 Å². The predicted octanol–water partition coefficient (Wildman–Crippen LogP) is 4.34. The summed E-state index contributed by atoms with van der Waals surface area (Å²) in [7, 11) is 1.75. The maximum atomic E-state index is 13.6. The van der Waals surface area contributed by atoms with Gasteiger partial charge in [0.25, 0.3) is 17.4 Å². The van der Waals surface area contributed by atoms with Gasteiger partial charge in [-0.2, -0.15) is 8.78 Å². The minimum absolute atomic E-state index is 0.0795. The van der Waals surface area contributed by atoms with Crippen molar-refractivity contribution in [2.24, 2.45) is 7.05 Å². The molecular formula is C26H28F2N4O3. The molecule has 1 aromatic carbocycles. The second kappa shape index (κ2) is 9.58. The topological polar surface area (TPSA) is 76.5 Å². The zero-order valence-corrected chi connectivity index (χ0v) is 20.1. The number of aryl methyl sites for hydroxylation is 1. The highest BCUT2D eigenvalue weighted by Gasteiger charge is 2.27. The number of halogens is 2. The number of nitrogens with zero attached hydrogens (tertiary/aromatic N) is 3. The third-order valence-electron chi connectivity index (χ3n) is 6.18. The molecule has 1 unspecified atom stereocenters. The molecule has 4 rings (SSSR count). The van der Waals surface area contributed by atoms with Gasteiger partial charge in [0.1, 0.15) is 11.5 Å². The van der Waals surface area contributed by atoms with E-state index in [1.54, 1.807) is 29.8 Å². The first-order valence-electron chi connectivity index (χ1n) is 11.4. The fourth-order valence-electron chi connectivity index (χ4n) is 4.14. The van der Waals surface area contributed by atoms with Crippen LogP contribution < -0.4 is 15.8 Å². The van der Waals surface area contributed by atoms with E-state index in [2.05, 4.69) is 22.1 Å². The molecule has 1 aliphatic rings. The summed E-state index contributed by atoms with van der Waals surface area (Å²) in [5, 5.41) is 2.76. The van der Waals surface area contributed by atoms with Crippen molar-refractivity contribution < 1.29 is 18.3 Å². The van der Waals surface area contributed by atoms with Crippen molar-refractivity contribution in [3.63, 3.8) is 0 Å². The summed E-state index contributed by atoms with van der Waals surface area (Å²) in [4.78, 5) is 31.4. The SMILES string of the molecule is Cc1ccc(NC(=O)c2ccnc(C(C)(F)F)c2)cc1-c1cc(N2CCOCC2C)n(C)c(=O)c1. The molecule has 9 heteroatoms. The van der Waals surface area contributed by atoms with Gasteiger partial charge < -0.3 is 15.0 Å². The number of carbonyl (C=O) groups is 1. The van der Waals surface area contributed by atoms with E-state index in [9.17, 15) is 18.4 Å². The largest absolute Gasteiger partial charge is 0.377 e. The lowest BCUT2D eigenvalue weighted by Gasteiger charge is -2.36. The summed E-state index contributed by atoms with van der Waals surface area (Å²) < 4.78 is 34.4. The lowest BCUT2D eigenvalue weighted by Crippen LogP contribution is -2.45. The summed E-state index contributed by atoms with van der Waals surface area (Å²) in [6.45, 7) is 6.56. The molecule has 1 atom stereocenters. The molecule has 0 saturated carbocycles. The monoisotopic (exact) mass is 482 g/mol. The van der Waals surface area contributed by atoms with Crippen molar-refractivity contribution in [2.75, 3.05) is 30.0 Å². The normalized spacial score (nSPS) is 16.3. The zero-order chi connectivity index (χ0) is 25.3. The first-order chi connectivity index (χ1) is 16.5. The smallest absolute Gasteiger partial charge is 0.286 e. The second-order valence-corrected chi connectivity index (χ2v) is 8.92. The molecule has 0 spiro atoms. The number of morpholine rings is 1. The highest BCUT2D eigenvalue weighted by molar-refractivity contribution is 6.04. The standard InChI is InChI=1S/C26H28F2N4O3/c1-16-5-6-20(30-25(34)18-7-8-29-22(11-18)26(3,27)28)14-21(16)19-12-23(31(4)24(33)13-19)32-9-10-35-15-17(32)2/h5-8,11-14,17H,9-10,15H2,1-4H3,(H,30,34). The van der Waals surface area contributed by atoms with Gasteiger partial charge in [-0.05, 0) is 60.9 Å². The zero-order valence-electron chi connectivity index (χ0n) is 20.1. The van der Waals surface area contributed by atoms with Gasteiger partial charge in [0.05, 0.1) is 19.3 Å². The van der Waals surface area contributed by atoms with Crippen LogP contribution in [0.3, 0.4) is 0 Å². The second-order valence-electron chi connectivity index (χ2n) is 8.92. The van der Waals surface area contributed by atoms with E-state index in [1.165, 1.54) is 12.3 Å². The van der Waals surface area contributed by atoms with Crippen molar-refractivity contribution in [3.05, 3.63) is 75.8 Å². The number of anilines is 2. The molecule has 2 aromatic heterocycles. The predicted molar refractivity (Wildman–Crippen MR) is 131 cm³/mol. The van der Waals surface area contributed by atoms with Crippen molar-refractivity contribution in [1.82, 2.24) is 9.55 Å². The number of ether oxygens (including phenoxy) is 1. The Hall–Kier alpha value is -3.59. The molecule has 1 N–H and O–H groups in total. The molecule has 1 amide bonds. The van der Waals surface area contributed by atoms with Gasteiger partial charge in [-0.25, -0.2) is 0 Å². The number of hydrogen-bond acceptors (Lipinski definition) is 5. The van der Waals surface area contributed by atoms with E-state index >= 15 is 0 Å². The molecule has 0 bridgehead atoms. The molecule has 1 aliphatic heterocycles. The minimum atomic E-state index is -3.15. The molecule has 7 nitrogen and oxygen atoms in total. The highest BCUT2D eigenvalue weighted by Crippen LogP contribution is 2.30. The van der Waals surface area contributed by atoms with Gasteiger partial charge >= 0.3 is 0 Å². The number of carbonyl (C=O) groups excluding carboxylic acids is 1. The lowest BCUT2D eigenvalue weighted by atomic mass is 10.00. The van der Waals surface area contributed by atoms with E-state index < -0.39 is 17.5 Å². The third-order valence-corrected chi connectivity index (χ3v) is 6.18. The van der Waals surface area contributed by atoms with Crippen LogP contribution in [0.2, 0.25) is 0 Å².